The second-order valence-corrected chi connectivity index (χ2v) is 4.70. The summed E-state index contributed by atoms with van der Waals surface area (Å²) in [7, 11) is 0. The molecule has 0 bridgehead atoms. The molecule has 0 fully saturated rings. The maximum Gasteiger partial charge on any atom is 1.00 e. The minimum atomic E-state index is -5.08. The summed E-state index contributed by atoms with van der Waals surface area (Å²) in [4.78, 5) is 0. The van der Waals surface area contributed by atoms with Crippen molar-refractivity contribution in [3.05, 3.63) is 41.7 Å². The van der Waals surface area contributed by atoms with Gasteiger partial charge in [-0.15, -0.1) is 0 Å². The van der Waals surface area contributed by atoms with Gasteiger partial charge in [-0.1, -0.05) is 30.6 Å². The third kappa shape index (κ3) is 4.86. The van der Waals surface area contributed by atoms with E-state index in [9.17, 15) is 12.9 Å². The fourth-order valence-electron chi connectivity index (χ4n) is 2.11. The maximum atomic E-state index is 12.9. The third-order valence-corrected chi connectivity index (χ3v) is 3.22. The second kappa shape index (κ2) is 8.54. The van der Waals surface area contributed by atoms with Crippen molar-refractivity contribution in [2.24, 2.45) is 0 Å². The summed E-state index contributed by atoms with van der Waals surface area (Å²) in [5.74, 6) is -0.132. The zero-order valence-corrected chi connectivity index (χ0v) is 16.1. The molecule has 0 spiro atoms. The molecule has 1 aromatic heterocycles. The first-order chi connectivity index (χ1) is 9.95. The number of hydrogen-bond acceptors (Lipinski definition) is 2. The van der Waals surface area contributed by atoms with E-state index in [4.69, 9.17) is 4.74 Å². The second-order valence-electron chi connectivity index (χ2n) is 4.70. The molecule has 0 aliphatic heterocycles. The molecular weight excluding hydrogens is 319 g/mol. The van der Waals surface area contributed by atoms with Crippen LogP contribution in [0.2, 0.25) is 0 Å². The molecule has 0 saturated carbocycles. The molecule has 0 aliphatic carbocycles. The van der Waals surface area contributed by atoms with E-state index in [0.29, 0.717) is 6.54 Å². The van der Waals surface area contributed by atoms with Gasteiger partial charge in [0.1, 0.15) is 6.61 Å². The van der Waals surface area contributed by atoms with E-state index in [1.165, 1.54) is 18.2 Å². The Kier molecular flexibility index (Phi) is 7.67. The molecule has 114 valence electrons. The van der Waals surface area contributed by atoms with Crippen LogP contribution in [0, 0.1) is 0 Å². The summed E-state index contributed by atoms with van der Waals surface area (Å²) in [6, 6.07) is 7.16. The van der Waals surface area contributed by atoms with E-state index < -0.39 is 12.4 Å². The van der Waals surface area contributed by atoms with Crippen LogP contribution in [-0.2, 0) is 19.6 Å². The smallest absolute Gasteiger partial charge is 0.490 e. The number of benzene rings is 1. The fraction of sp³-hybridized carbons (Fsp3) is 0.357. The van der Waals surface area contributed by atoms with Gasteiger partial charge in [-0.3, -0.25) is 4.68 Å². The zero-order valence-electron chi connectivity index (χ0n) is 13.0. The van der Waals surface area contributed by atoms with Crippen LogP contribution in [0.4, 0.5) is 12.9 Å². The Bertz CT molecular complexity index is 616. The SMILES string of the molecule is CCc1cc(COc2ccccc2[B-](F)(F)F)n(CC)n1.[K+]. The van der Waals surface area contributed by atoms with Crippen LogP contribution in [0.25, 0.3) is 0 Å². The van der Waals surface area contributed by atoms with Crippen LogP contribution in [0.15, 0.2) is 30.3 Å². The first kappa shape index (κ1) is 19.8. The fourth-order valence-corrected chi connectivity index (χ4v) is 2.11. The Morgan fingerprint density at radius 3 is 2.45 bits per heavy atom. The van der Waals surface area contributed by atoms with Gasteiger partial charge in [-0.05, 0) is 25.5 Å². The van der Waals surface area contributed by atoms with Gasteiger partial charge in [-0.2, -0.15) is 5.10 Å². The minimum Gasteiger partial charge on any atom is -0.490 e. The molecule has 0 aliphatic rings. The Morgan fingerprint density at radius 1 is 1.18 bits per heavy atom. The van der Waals surface area contributed by atoms with Crippen molar-refractivity contribution >= 4 is 12.4 Å². The van der Waals surface area contributed by atoms with Crippen LogP contribution in [0.1, 0.15) is 25.2 Å². The molecular formula is C14H17BF3KN2O. The first-order valence-corrected chi connectivity index (χ1v) is 6.93. The summed E-state index contributed by atoms with van der Waals surface area (Å²) in [6.45, 7) is -0.437. The normalized spacial score (nSPS) is 11.1. The molecule has 0 N–H and O–H groups in total. The van der Waals surface area contributed by atoms with Crippen molar-refractivity contribution < 1.29 is 69.1 Å². The molecule has 0 atom stereocenters. The van der Waals surface area contributed by atoms with E-state index in [1.807, 2.05) is 19.9 Å². The Labute approximate surface area is 170 Å². The molecule has 0 radical (unpaired) electrons. The van der Waals surface area contributed by atoms with Gasteiger partial charge >= 0.3 is 58.4 Å². The van der Waals surface area contributed by atoms with Crippen LogP contribution < -0.4 is 61.6 Å². The minimum absolute atomic E-state index is 0. The summed E-state index contributed by atoms with van der Waals surface area (Å²) in [5.41, 5.74) is 0.985. The van der Waals surface area contributed by atoms with E-state index in [0.717, 1.165) is 23.9 Å². The quantitative estimate of drug-likeness (QED) is 0.700. The Morgan fingerprint density at radius 2 is 1.86 bits per heavy atom. The zero-order chi connectivity index (χ0) is 15.5. The number of para-hydroxylation sites is 1. The molecule has 2 aromatic rings. The number of aromatic nitrogens is 2. The van der Waals surface area contributed by atoms with Gasteiger partial charge in [0.2, 0.25) is 0 Å². The molecule has 0 unspecified atom stereocenters. The molecule has 3 nitrogen and oxygen atoms in total. The molecule has 0 saturated heterocycles. The average molecular weight is 336 g/mol. The van der Waals surface area contributed by atoms with Crippen LogP contribution in [0.5, 0.6) is 5.75 Å². The third-order valence-electron chi connectivity index (χ3n) is 3.22. The average Bonchev–Trinajstić information content (AvgIpc) is 2.87. The number of halogens is 3. The number of aryl methyl sites for hydroxylation is 2. The van der Waals surface area contributed by atoms with Gasteiger partial charge < -0.3 is 17.7 Å². The Hall–Kier alpha value is -0.279. The van der Waals surface area contributed by atoms with Crippen LogP contribution in [-0.4, -0.2) is 16.8 Å². The van der Waals surface area contributed by atoms with Crippen molar-refractivity contribution in [2.45, 2.75) is 33.4 Å². The van der Waals surface area contributed by atoms with E-state index in [-0.39, 0.29) is 63.7 Å². The summed E-state index contributed by atoms with van der Waals surface area (Å²) >= 11 is 0. The Balaban J connectivity index is 0.00000242. The van der Waals surface area contributed by atoms with Crippen molar-refractivity contribution in [1.29, 1.82) is 0 Å². The van der Waals surface area contributed by atoms with Crippen LogP contribution in [0.3, 0.4) is 0 Å². The van der Waals surface area contributed by atoms with Gasteiger partial charge in [0.05, 0.1) is 17.1 Å². The van der Waals surface area contributed by atoms with Crippen molar-refractivity contribution in [1.82, 2.24) is 9.78 Å². The number of ether oxygens (including phenoxy) is 1. The molecule has 22 heavy (non-hydrogen) atoms. The standard InChI is InChI=1S/C14H17BF3N2O.K/c1-3-11-9-12(20(4-2)19-11)10-21-14-8-6-5-7-13(14)15(16,17)18;/h5-9H,3-4,10H2,1-2H3;/q-1;+1. The predicted molar refractivity (Wildman–Crippen MR) is 76.8 cm³/mol. The molecule has 0 amide bonds. The van der Waals surface area contributed by atoms with E-state index in [2.05, 4.69) is 5.10 Å². The monoisotopic (exact) mass is 336 g/mol. The molecule has 2 rings (SSSR count). The number of hydrogen-bond donors (Lipinski definition) is 0. The summed E-state index contributed by atoms with van der Waals surface area (Å²) in [6.07, 6.45) is 0.780. The predicted octanol–water partition coefficient (Wildman–Crippen LogP) is 0.103. The van der Waals surface area contributed by atoms with E-state index in [1.54, 1.807) is 4.68 Å². The maximum absolute atomic E-state index is 12.9. The van der Waals surface area contributed by atoms with Crippen molar-refractivity contribution in [3.8, 4) is 5.75 Å². The summed E-state index contributed by atoms with van der Waals surface area (Å²) in [5, 5.41) is 4.35. The molecule has 1 aromatic carbocycles. The topological polar surface area (TPSA) is 27.1 Å². The largest absolute Gasteiger partial charge is 1.00 e. The number of nitrogens with zero attached hydrogens (tertiary/aromatic N) is 2. The van der Waals surface area contributed by atoms with Gasteiger partial charge in [0, 0.05) is 6.54 Å². The molecule has 1 heterocycles. The first-order valence-electron chi connectivity index (χ1n) is 6.93. The summed E-state index contributed by atoms with van der Waals surface area (Å²) < 4.78 is 46.0. The van der Waals surface area contributed by atoms with E-state index >= 15 is 0 Å². The number of rotatable bonds is 6. The van der Waals surface area contributed by atoms with Gasteiger partial charge in [-0.25, -0.2) is 0 Å². The van der Waals surface area contributed by atoms with Crippen molar-refractivity contribution in [3.63, 3.8) is 0 Å². The van der Waals surface area contributed by atoms with Crippen LogP contribution >= 0.6 is 0 Å². The van der Waals surface area contributed by atoms with Gasteiger partial charge in [0.25, 0.3) is 0 Å². The molecule has 8 heteroatoms. The van der Waals surface area contributed by atoms with Gasteiger partial charge in [0.15, 0.2) is 0 Å². The van der Waals surface area contributed by atoms with Crippen molar-refractivity contribution in [2.75, 3.05) is 0 Å².